The molecule has 20 heavy (non-hydrogen) atoms. The van der Waals surface area contributed by atoms with Gasteiger partial charge < -0.3 is 14.2 Å². The number of esters is 1. The van der Waals surface area contributed by atoms with Crippen LogP contribution in [0.3, 0.4) is 0 Å². The fraction of sp³-hybridized carbons (Fsp3) is 0.933. The van der Waals surface area contributed by atoms with Crippen molar-refractivity contribution in [1.29, 1.82) is 0 Å². The molecule has 1 rings (SSSR count). The molecule has 0 amide bonds. The Bertz CT molecular complexity index is 298. The van der Waals surface area contributed by atoms with Crippen LogP contribution in [0.15, 0.2) is 0 Å². The molecule has 4 nitrogen and oxygen atoms in total. The minimum atomic E-state index is -0.262. The molecule has 1 fully saturated rings. The van der Waals surface area contributed by atoms with E-state index < -0.39 is 0 Å². The van der Waals surface area contributed by atoms with Crippen LogP contribution in [0, 0.1) is 17.8 Å². The highest BCUT2D eigenvalue weighted by Gasteiger charge is 2.39. The lowest BCUT2D eigenvalue weighted by molar-refractivity contribution is -0.255. The Morgan fingerprint density at radius 1 is 1.15 bits per heavy atom. The maximum absolute atomic E-state index is 11.0. The van der Waals surface area contributed by atoms with Crippen LogP contribution in [0.1, 0.15) is 40.5 Å². The molecule has 0 aromatic carbocycles. The Morgan fingerprint density at radius 3 is 2.45 bits per heavy atom. The number of alkyl halides is 1. The van der Waals surface area contributed by atoms with Crippen LogP contribution in [0.5, 0.6) is 0 Å². The number of rotatable bonds is 7. The highest BCUT2D eigenvalue weighted by Crippen LogP contribution is 2.35. The Kier molecular flexibility index (Phi) is 8.07. The van der Waals surface area contributed by atoms with Gasteiger partial charge in [0.25, 0.3) is 0 Å². The van der Waals surface area contributed by atoms with Crippen molar-refractivity contribution in [2.24, 2.45) is 17.8 Å². The number of carbonyl (C=O) groups excluding carboxylic acids is 1. The van der Waals surface area contributed by atoms with Gasteiger partial charge in [0.15, 0.2) is 6.29 Å². The fourth-order valence-corrected chi connectivity index (χ4v) is 2.86. The summed E-state index contributed by atoms with van der Waals surface area (Å²) in [5.41, 5.74) is 0. The first-order chi connectivity index (χ1) is 9.47. The molecule has 1 heterocycles. The van der Waals surface area contributed by atoms with E-state index in [0.29, 0.717) is 31.0 Å². The standard InChI is InChI=1S/C15H27BrO4/c1-10-11(2)14(9-19-13(4)17)20-15(12(10)3)18-8-6-5-7-16/h10-12,14-15H,5-9H2,1-4H3. The van der Waals surface area contributed by atoms with Crippen molar-refractivity contribution in [1.82, 2.24) is 0 Å². The average molecular weight is 351 g/mol. The third kappa shape index (κ3) is 5.34. The number of halogens is 1. The minimum absolute atomic E-state index is 0.0775. The summed E-state index contributed by atoms with van der Waals surface area (Å²) in [6.07, 6.45) is 1.85. The predicted molar refractivity (Wildman–Crippen MR) is 81.8 cm³/mol. The summed E-state index contributed by atoms with van der Waals surface area (Å²) in [4.78, 5) is 11.0. The molecular weight excluding hydrogens is 324 g/mol. The number of carbonyl (C=O) groups is 1. The van der Waals surface area contributed by atoms with Crippen molar-refractivity contribution in [2.45, 2.75) is 52.9 Å². The third-order valence-corrected chi connectivity index (χ3v) is 4.81. The van der Waals surface area contributed by atoms with Crippen molar-refractivity contribution in [3.05, 3.63) is 0 Å². The Balaban J connectivity index is 2.49. The molecule has 5 atom stereocenters. The van der Waals surface area contributed by atoms with Gasteiger partial charge in [-0.1, -0.05) is 36.7 Å². The zero-order valence-corrected chi connectivity index (χ0v) is 14.5. The summed E-state index contributed by atoms with van der Waals surface area (Å²) < 4.78 is 17.0. The zero-order chi connectivity index (χ0) is 15.1. The van der Waals surface area contributed by atoms with Gasteiger partial charge in [-0.2, -0.15) is 0 Å². The lowest BCUT2D eigenvalue weighted by Crippen LogP contribution is -2.47. The molecule has 1 saturated heterocycles. The first-order valence-electron chi connectivity index (χ1n) is 7.43. The molecule has 0 aliphatic carbocycles. The van der Waals surface area contributed by atoms with Gasteiger partial charge in [-0.25, -0.2) is 0 Å². The summed E-state index contributed by atoms with van der Waals surface area (Å²) >= 11 is 3.41. The van der Waals surface area contributed by atoms with E-state index in [9.17, 15) is 4.79 Å². The second-order valence-electron chi connectivity index (χ2n) is 5.69. The molecule has 0 spiro atoms. The van der Waals surface area contributed by atoms with Crippen LogP contribution in [0.25, 0.3) is 0 Å². The SMILES string of the molecule is CC(=O)OCC1OC(OCCCCBr)C(C)C(C)C1C. The Hall–Kier alpha value is -0.130. The quantitative estimate of drug-likeness (QED) is 0.401. The zero-order valence-electron chi connectivity index (χ0n) is 12.9. The van der Waals surface area contributed by atoms with Gasteiger partial charge in [0, 0.05) is 24.8 Å². The molecule has 0 bridgehead atoms. The van der Waals surface area contributed by atoms with E-state index in [4.69, 9.17) is 14.2 Å². The van der Waals surface area contributed by atoms with E-state index in [0.717, 1.165) is 18.2 Å². The smallest absolute Gasteiger partial charge is 0.302 e. The largest absolute Gasteiger partial charge is 0.463 e. The number of hydrogen-bond acceptors (Lipinski definition) is 4. The summed E-state index contributed by atoms with van der Waals surface area (Å²) in [6.45, 7) is 8.98. The van der Waals surface area contributed by atoms with Gasteiger partial charge in [0.05, 0.1) is 6.10 Å². The molecule has 1 aliphatic heterocycles. The highest BCUT2D eigenvalue weighted by molar-refractivity contribution is 9.09. The topological polar surface area (TPSA) is 44.8 Å². The van der Waals surface area contributed by atoms with Crippen molar-refractivity contribution >= 4 is 21.9 Å². The maximum Gasteiger partial charge on any atom is 0.302 e. The van der Waals surface area contributed by atoms with Gasteiger partial charge in [0.1, 0.15) is 6.61 Å². The average Bonchev–Trinajstić information content (AvgIpc) is 2.41. The third-order valence-electron chi connectivity index (χ3n) is 4.24. The van der Waals surface area contributed by atoms with E-state index in [1.165, 1.54) is 6.92 Å². The van der Waals surface area contributed by atoms with Gasteiger partial charge in [0.2, 0.25) is 0 Å². The van der Waals surface area contributed by atoms with E-state index in [1.54, 1.807) is 0 Å². The summed E-state index contributed by atoms with van der Waals surface area (Å²) in [5.74, 6) is 0.918. The fourth-order valence-electron chi connectivity index (χ4n) is 2.46. The van der Waals surface area contributed by atoms with Gasteiger partial charge >= 0.3 is 5.97 Å². The number of hydrogen-bond donors (Lipinski definition) is 0. The maximum atomic E-state index is 11.0. The molecule has 1 aliphatic rings. The molecular formula is C15H27BrO4. The summed E-state index contributed by atoms with van der Waals surface area (Å²) in [5, 5.41) is 1.000. The highest BCUT2D eigenvalue weighted by atomic mass is 79.9. The van der Waals surface area contributed by atoms with Crippen molar-refractivity contribution in [2.75, 3.05) is 18.5 Å². The van der Waals surface area contributed by atoms with E-state index in [1.807, 2.05) is 0 Å². The van der Waals surface area contributed by atoms with Crippen molar-refractivity contribution in [3.8, 4) is 0 Å². The first-order valence-corrected chi connectivity index (χ1v) is 8.56. The minimum Gasteiger partial charge on any atom is -0.463 e. The second kappa shape index (κ2) is 9.00. The first kappa shape index (κ1) is 17.9. The monoisotopic (exact) mass is 350 g/mol. The second-order valence-corrected chi connectivity index (χ2v) is 6.48. The molecule has 0 radical (unpaired) electrons. The molecule has 0 saturated carbocycles. The van der Waals surface area contributed by atoms with Crippen LogP contribution in [0.2, 0.25) is 0 Å². The van der Waals surface area contributed by atoms with Crippen molar-refractivity contribution in [3.63, 3.8) is 0 Å². The summed E-state index contributed by atoms with van der Waals surface area (Å²) in [7, 11) is 0. The van der Waals surface area contributed by atoms with E-state index >= 15 is 0 Å². The van der Waals surface area contributed by atoms with Crippen LogP contribution in [-0.4, -0.2) is 36.9 Å². The van der Waals surface area contributed by atoms with Gasteiger partial charge in [-0.15, -0.1) is 0 Å². The van der Waals surface area contributed by atoms with Gasteiger partial charge in [-0.3, -0.25) is 4.79 Å². The predicted octanol–water partition coefficient (Wildman–Crippen LogP) is 3.37. The van der Waals surface area contributed by atoms with Crippen LogP contribution in [-0.2, 0) is 19.0 Å². The molecule has 0 N–H and O–H groups in total. The Morgan fingerprint density at radius 2 is 1.85 bits per heavy atom. The lowest BCUT2D eigenvalue weighted by atomic mass is 9.79. The van der Waals surface area contributed by atoms with Gasteiger partial charge in [-0.05, 0) is 24.7 Å². The van der Waals surface area contributed by atoms with Crippen LogP contribution >= 0.6 is 15.9 Å². The summed E-state index contributed by atoms with van der Waals surface area (Å²) in [6, 6.07) is 0. The number of ether oxygens (including phenoxy) is 3. The molecule has 0 aromatic rings. The van der Waals surface area contributed by atoms with Crippen LogP contribution in [0.4, 0.5) is 0 Å². The lowest BCUT2D eigenvalue weighted by Gasteiger charge is -2.43. The Labute approximate surface area is 130 Å². The molecule has 118 valence electrons. The number of unbranched alkanes of at least 4 members (excludes halogenated alkanes) is 1. The van der Waals surface area contributed by atoms with E-state index in [2.05, 4.69) is 36.7 Å². The molecule has 0 aromatic heterocycles. The molecule has 5 heteroatoms. The van der Waals surface area contributed by atoms with Crippen molar-refractivity contribution < 1.29 is 19.0 Å². The molecule has 5 unspecified atom stereocenters. The van der Waals surface area contributed by atoms with Crippen LogP contribution < -0.4 is 0 Å². The normalized spacial score (nSPS) is 34.0. The van der Waals surface area contributed by atoms with E-state index in [-0.39, 0.29) is 18.4 Å².